The van der Waals surface area contributed by atoms with Crippen molar-refractivity contribution in [2.75, 3.05) is 0 Å². The average molecular weight is 427 g/mol. The molecule has 1 aromatic heterocycles. The largest absolute Gasteiger partial charge is 0.417 e. The predicted octanol–water partition coefficient (Wildman–Crippen LogP) is 5.03. The summed E-state index contributed by atoms with van der Waals surface area (Å²) in [6, 6.07) is 4.09. The van der Waals surface area contributed by atoms with Gasteiger partial charge in [-0.1, -0.05) is 44.8 Å². The van der Waals surface area contributed by atoms with Crippen LogP contribution in [0.2, 0.25) is 0 Å². The van der Waals surface area contributed by atoms with Crippen molar-refractivity contribution in [1.29, 1.82) is 0 Å². The second kappa shape index (κ2) is 6.48. The van der Waals surface area contributed by atoms with E-state index in [-0.39, 0.29) is 4.47 Å². The van der Waals surface area contributed by atoms with E-state index in [1.165, 1.54) is 6.07 Å². The summed E-state index contributed by atoms with van der Waals surface area (Å²) >= 11 is 6.25. The fourth-order valence-electron chi connectivity index (χ4n) is 1.99. The molecule has 0 saturated heterocycles. The third-order valence-electron chi connectivity index (χ3n) is 2.92. The van der Waals surface area contributed by atoms with Crippen molar-refractivity contribution in [3.8, 4) is 11.4 Å². The van der Waals surface area contributed by atoms with Gasteiger partial charge in [0, 0.05) is 16.6 Å². The first kappa shape index (κ1) is 16.5. The molecule has 0 aliphatic heterocycles. The Morgan fingerprint density at radius 2 is 1.95 bits per heavy atom. The highest BCUT2D eigenvalue weighted by atomic mass is 79.9. The molecule has 1 heterocycles. The first-order valence-electron chi connectivity index (χ1n) is 6.23. The first-order chi connectivity index (χ1) is 9.88. The van der Waals surface area contributed by atoms with E-state index in [0.717, 1.165) is 12.5 Å². The van der Waals surface area contributed by atoms with Gasteiger partial charge in [0.05, 0.1) is 10.9 Å². The molecule has 8 heteroatoms. The zero-order chi connectivity index (χ0) is 15.6. The van der Waals surface area contributed by atoms with Crippen LogP contribution < -0.4 is 0 Å². The van der Waals surface area contributed by atoms with Crippen molar-refractivity contribution in [1.82, 2.24) is 14.8 Å². The molecule has 0 fully saturated rings. The van der Waals surface area contributed by atoms with Gasteiger partial charge in [0.1, 0.15) is 5.82 Å². The molecule has 0 bridgehead atoms. The topological polar surface area (TPSA) is 30.7 Å². The number of halogens is 5. The van der Waals surface area contributed by atoms with E-state index in [9.17, 15) is 13.2 Å². The van der Waals surface area contributed by atoms with E-state index < -0.39 is 11.7 Å². The number of nitrogens with zero attached hydrogens (tertiary/aromatic N) is 3. The molecule has 0 aliphatic rings. The van der Waals surface area contributed by atoms with Gasteiger partial charge in [-0.15, -0.1) is 10.2 Å². The fourth-order valence-corrected chi connectivity index (χ4v) is 2.87. The lowest BCUT2D eigenvalue weighted by Gasteiger charge is -2.12. The maximum Gasteiger partial charge on any atom is 0.417 e. The van der Waals surface area contributed by atoms with Gasteiger partial charge in [0.2, 0.25) is 0 Å². The lowest BCUT2D eigenvalue weighted by molar-refractivity contribution is -0.138. The van der Waals surface area contributed by atoms with Gasteiger partial charge in [-0.25, -0.2) is 0 Å². The van der Waals surface area contributed by atoms with Crippen LogP contribution in [0.15, 0.2) is 22.7 Å². The molecule has 0 atom stereocenters. The van der Waals surface area contributed by atoms with Gasteiger partial charge < -0.3 is 4.57 Å². The molecule has 0 spiro atoms. The van der Waals surface area contributed by atoms with Gasteiger partial charge in [-0.05, 0) is 18.6 Å². The Bertz CT molecular complexity index is 638. The van der Waals surface area contributed by atoms with Gasteiger partial charge in [-0.3, -0.25) is 0 Å². The van der Waals surface area contributed by atoms with Gasteiger partial charge in [-0.2, -0.15) is 13.2 Å². The van der Waals surface area contributed by atoms with Crippen LogP contribution in [-0.2, 0) is 18.1 Å². The SMILES string of the molecule is CCCn1c(CBr)nnc1-c1ccc(Br)c(C(F)(F)F)c1. The summed E-state index contributed by atoms with van der Waals surface area (Å²) in [5, 5.41) is 8.55. The molecule has 0 amide bonds. The Kier molecular flexibility index (Phi) is 5.08. The number of alkyl halides is 4. The summed E-state index contributed by atoms with van der Waals surface area (Å²) in [6.45, 7) is 2.64. The van der Waals surface area contributed by atoms with E-state index in [2.05, 4.69) is 42.1 Å². The van der Waals surface area contributed by atoms with Crippen LogP contribution in [0.25, 0.3) is 11.4 Å². The maximum absolute atomic E-state index is 13.0. The minimum absolute atomic E-state index is 0.0148. The first-order valence-corrected chi connectivity index (χ1v) is 8.15. The molecule has 2 rings (SSSR count). The van der Waals surface area contributed by atoms with Crippen molar-refractivity contribution in [3.05, 3.63) is 34.1 Å². The van der Waals surface area contributed by atoms with E-state index in [1.807, 2.05) is 11.5 Å². The third kappa shape index (κ3) is 3.48. The zero-order valence-corrected chi connectivity index (χ0v) is 14.3. The van der Waals surface area contributed by atoms with Crippen LogP contribution >= 0.6 is 31.9 Å². The highest BCUT2D eigenvalue weighted by Crippen LogP contribution is 2.37. The van der Waals surface area contributed by atoms with Crippen LogP contribution in [0, 0.1) is 0 Å². The standard InChI is InChI=1S/C13H12Br2F3N3/c1-2-5-21-11(7-14)19-20-12(21)8-3-4-10(15)9(6-8)13(16,17)18/h3-4,6H,2,5,7H2,1H3. The Morgan fingerprint density at radius 3 is 2.52 bits per heavy atom. The minimum atomic E-state index is -4.41. The summed E-state index contributed by atoms with van der Waals surface area (Å²) in [6.07, 6.45) is -3.57. The summed E-state index contributed by atoms with van der Waals surface area (Å²) in [7, 11) is 0. The summed E-state index contributed by atoms with van der Waals surface area (Å²) < 4.78 is 40.8. The molecular weight excluding hydrogens is 415 g/mol. The summed E-state index contributed by atoms with van der Waals surface area (Å²) in [5.41, 5.74) is -0.315. The molecule has 0 aliphatic carbocycles. The molecular formula is C13H12Br2F3N3. The Hall–Kier alpha value is -0.890. The number of rotatable bonds is 4. The van der Waals surface area contributed by atoms with Crippen molar-refractivity contribution in [3.63, 3.8) is 0 Å². The average Bonchev–Trinajstić information content (AvgIpc) is 2.81. The quantitative estimate of drug-likeness (QED) is 0.642. The monoisotopic (exact) mass is 425 g/mol. The predicted molar refractivity (Wildman–Crippen MR) is 81.1 cm³/mol. The Balaban J connectivity index is 2.55. The van der Waals surface area contributed by atoms with Crippen molar-refractivity contribution in [2.45, 2.75) is 31.4 Å². The van der Waals surface area contributed by atoms with E-state index in [0.29, 0.717) is 29.1 Å². The maximum atomic E-state index is 13.0. The highest BCUT2D eigenvalue weighted by Gasteiger charge is 2.33. The van der Waals surface area contributed by atoms with Crippen LogP contribution in [-0.4, -0.2) is 14.8 Å². The number of aromatic nitrogens is 3. The number of hydrogen-bond acceptors (Lipinski definition) is 2. The minimum Gasteiger partial charge on any atom is -0.310 e. The molecule has 1 aromatic carbocycles. The lowest BCUT2D eigenvalue weighted by Crippen LogP contribution is -2.08. The molecule has 0 N–H and O–H groups in total. The molecule has 114 valence electrons. The third-order valence-corrected chi connectivity index (χ3v) is 4.12. The molecule has 0 unspecified atom stereocenters. The van der Waals surface area contributed by atoms with Crippen molar-refractivity contribution in [2.24, 2.45) is 0 Å². The molecule has 21 heavy (non-hydrogen) atoms. The van der Waals surface area contributed by atoms with E-state index in [4.69, 9.17) is 0 Å². The molecule has 2 aromatic rings. The Labute approximate surface area is 136 Å². The van der Waals surface area contributed by atoms with Gasteiger partial charge >= 0.3 is 6.18 Å². The van der Waals surface area contributed by atoms with Crippen LogP contribution in [0.1, 0.15) is 24.7 Å². The fraction of sp³-hybridized carbons (Fsp3) is 0.385. The smallest absolute Gasteiger partial charge is 0.310 e. The van der Waals surface area contributed by atoms with Crippen LogP contribution in [0.5, 0.6) is 0 Å². The van der Waals surface area contributed by atoms with Crippen LogP contribution in [0.4, 0.5) is 13.2 Å². The zero-order valence-electron chi connectivity index (χ0n) is 11.1. The van der Waals surface area contributed by atoms with Crippen molar-refractivity contribution < 1.29 is 13.2 Å². The van der Waals surface area contributed by atoms with E-state index >= 15 is 0 Å². The van der Waals surface area contributed by atoms with Gasteiger partial charge in [0.15, 0.2) is 5.82 Å². The molecule has 0 saturated carbocycles. The summed E-state index contributed by atoms with van der Waals surface area (Å²) in [4.78, 5) is 0. The highest BCUT2D eigenvalue weighted by molar-refractivity contribution is 9.10. The Morgan fingerprint density at radius 1 is 1.24 bits per heavy atom. The van der Waals surface area contributed by atoms with Gasteiger partial charge in [0.25, 0.3) is 0 Å². The number of hydrogen-bond donors (Lipinski definition) is 0. The molecule has 3 nitrogen and oxygen atoms in total. The normalized spacial score (nSPS) is 11.9. The number of benzene rings is 1. The summed E-state index contributed by atoms with van der Waals surface area (Å²) in [5.74, 6) is 1.15. The second-order valence-electron chi connectivity index (χ2n) is 4.42. The van der Waals surface area contributed by atoms with Crippen molar-refractivity contribution >= 4 is 31.9 Å². The molecule has 0 radical (unpaired) electrons. The van der Waals surface area contributed by atoms with Crippen LogP contribution in [0.3, 0.4) is 0 Å². The van der Waals surface area contributed by atoms with E-state index in [1.54, 1.807) is 6.07 Å². The lowest BCUT2D eigenvalue weighted by atomic mass is 10.1. The second-order valence-corrected chi connectivity index (χ2v) is 5.83.